The number of aliphatic hydroxyl groups is 1. The first-order valence-corrected chi connectivity index (χ1v) is 4.40. The number of hydrogen-bond acceptors (Lipinski definition) is 4. The third kappa shape index (κ3) is 4.78. The molecule has 14 heavy (non-hydrogen) atoms. The summed E-state index contributed by atoms with van der Waals surface area (Å²) in [7, 11) is 0. The second-order valence-electron chi connectivity index (χ2n) is 2.90. The first kappa shape index (κ1) is 12.9. The highest BCUT2D eigenvalue weighted by Gasteiger charge is 2.24. The topological polar surface area (TPSA) is 98.7 Å². The van der Waals surface area contributed by atoms with Crippen molar-refractivity contribution >= 4 is 11.9 Å². The summed E-state index contributed by atoms with van der Waals surface area (Å²) < 4.78 is 0. The number of aliphatic hydroxyl groups excluding tert-OH is 1. The Kier molecular flexibility index (Phi) is 5.82. The van der Waals surface area contributed by atoms with Crippen molar-refractivity contribution in [3.8, 4) is 0 Å². The molecule has 0 radical (unpaired) electrons. The van der Waals surface area contributed by atoms with E-state index in [-0.39, 0.29) is 6.54 Å². The van der Waals surface area contributed by atoms with Crippen LogP contribution in [0.3, 0.4) is 0 Å². The number of carboxylic acid groups (broad SMARTS) is 1. The molecule has 0 unspecified atom stereocenters. The fourth-order valence-corrected chi connectivity index (χ4v) is 0.852. The van der Waals surface area contributed by atoms with Crippen LogP contribution in [0.1, 0.15) is 13.8 Å². The van der Waals surface area contributed by atoms with Crippen molar-refractivity contribution in [3.63, 3.8) is 0 Å². The van der Waals surface area contributed by atoms with Crippen molar-refractivity contribution in [3.05, 3.63) is 0 Å². The summed E-state index contributed by atoms with van der Waals surface area (Å²) in [5.41, 5.74) is 0. The van der Waals surface area contributed by atoms with Gasteiger partial charge in [0.05, 0.1) is 12.6 Å². The molecular weight excluding hydrogens is 188 g/mol. The summed E-state index contributed by atoms with van der Waals surface area (Å²) in [5, 5.41) is 22.6. The molecule has 0 aromatic rings. The predicted molar refractivity (Wildman–Crippen MR) is 49.8 cm³/mol. The number of nitrogens with one attached hydrogen (secondary N) is 2. The third-order valence-corrected chi connectivity index (χ3v) is 1.60. The van der Waals surface area contributed by atoms with Crippen molar-refractivity contribution in [1.29, 1.82) is 0 Å². The van der Waals surface area contributed by atoms with Crippen LogP contribution in [-0.4, -0.2) is 47.3 Å². The quantitative estimate of drug-likeness (QED) is 0.424. The summed E-state index contributed by atoms with van der Waals surface area (Å²) in [4.78, 5) is 21.6. The van der Waals surface area contributed by atoms with E-state index >= 15 is 0 Å². The van der Waals surface area contributed by atoms with Gasteiger partial charge in [0.2, 0.25) is 5.91 Å². The molecule has 0 bridgehead atoms. The number of amides is 1. The molecule has 0 fully saturated rings. The molecule has 0 spiro atoms. The van der Waals surface area contributed by atoms with Crippen LogP contribution in [0.2, 0.25) is 0 Å². The minimum Gasteiger partial charge on any atom is -0.480 e. The van der Waals surface area contributed by atoms with Crippen molar-refractivity contribution in [1.82, 2.24) is 10.6 Å². The van der Waals surface area contributed by atoms with E-state index in [2.05, 4.69) is 10.6 Å². The molecule has 82 valence electrons. The van der Waals surface area contributed by atoms with Crippen LogP contribution in [0.4, 0.5) is 0 Å². The lowest BCUT2D eigenvalue weighted by molar-refractivity contribution is -0.144. The average Bonchev–Trinajstić information content (AvgIpc) is 2.09. The van der Waals surface area contributed by atoms with Crippen LogP contribution < -0.4 is 10.6 Å². The number of carbonyl (C=O) groups excluding carboxylic acids is 1. The van der Waals surface area contributed by atoms with Crippen LogP contribution in [-0.2, 0) is 9.59 Å². The Morgan fingerprint density at radius 2 is 2.00 bits per heavy atom. The van der Waals surface area contributed by atoms with Crippen LogP contribution in [0.15, 0.2) is 0 Å². The fraction of sp³-hybridized carbons (Fsp3) is 0.750. The molecular formula is C8H16N2O4. The van der Waals surface area contributed by atoms with Gasteiger partial charge >= 0.3 is 5.97 Å². The Morgan fingerprint density at radius 3 is 2.36 bits per heavy atom. The number of carboxylic acids is 1. The summed E-state index contributed by atoms with van der Waals surface area (Å²) in [6.07, 6.45) is -1.11. The number of rotatable bonds is 6. The second kappa shape index (κ2) is 6.33. The lowest BCUT2D eigenvalue weighted by Gasteiger charge is -2.16. The van der Waals surface area contributed by atoms with Gasteiger partial charge < -0.3 is 20.8 Å². The minimum atomic E-state index is -1.25. The van der Waals surface area contributed by atoms with Crippen LogP contribution in [0.25, 0.3) is 0 Å². The van der Waals surface area contributed by atoms with E-state index in [9.17, 15) is 9.59 Å². The van der Waals surface area contributed by atoms with Crippen LogP contribution in [0.5, 0.6) is 0 Å². The SMILES string of the molecule is CCNCC(=O)N[C@H](C(=O)O)[C@@H](C)O. The highest BCUT2D eigenvalue weighted by Crippen LogP contribution is 1.92. The third-order valence-electron chi connectivity index (χ3n) is 1.60. The van der Waals surface area contributed by atoms with Crippen LogP contribution >= 0.6 is 0 Å². The molecule has 0 heterocycles. The van der Waals surface area contributed by atoms with E-state index in [0.717, 1.165) is 0 Å². The minimum absolute atomic E-state index is 0.0486. The summed E-state index contributed by atoms with van der Waals surface area (Å²) in [6.45, 7) is 3.82. The zero-order chi connectivity index (χ0) is 11.1. The van der Waals surface area contributed by atoms with E-state index in [1.165, 1.54) is 6.92 Å². The average molecular weight is 204 g/mol. The molecule has 0 aromatic carbocycles. The summed E-state index contributed by atoms with van der Waals surface area (Å²) in [5.74, 6) is -1.69. The van der Waals surface area contributed by atoms with Crippen molar-refractivity contribution in [2.75, 3.05) is 13.1 Å². The Hall–Kier alpha value is -1.14. The largest absolute Gasteiger partial charge is 0.480 e. The predicted octanol–water partition coefficient (Wildman–Crippen LogP) is -1.45. The lowest BCUT2D eigenvalue weighted by atomic mass is 10.2. The van der Waals surface area contributed by atoms with Gasteiger partial charge in [0.1, 0.15) is 0 Å². The van der Waals surface area contributed by atoms with Gasteiger partial charge in [-0.2, -0.15) is 0 Å². The van der Waals surface area contributed by atoms with E-state index in [1.807, 2.05) is 6.92 Å². The molecule has 0 rings (SSSR count). The van der Waals surface area contributed by atoms with E-state index < -0.39 is 24.0 Å². The molecule has 0 saturated carbocycles. The number of carbonyl (C=O) groups is 2. The first-order valence-electron chi connectivity index (χ1n) is 4.40. The van der Waals surface area contributed by atoms with Gasteiger partial charge in [-0.25, -0.2) is 4.79 Å². The molecule has 1 amide bonds. The summed E-state index contributed by atoms with van der Waals surface area (Å²) in [6, 6.07) is -1.25. The zero-order valence-corrected chi connectivity index (χ0v) is 8.28. The Morgan fingerprint density at radius 1 is 1.43 bits per heavy atom. The number of likely N-dealkylation sites (N-methyl/N-ethyl adjacent to an activating group) is 1. The fourth-order valence-electron chi connectivity index (χ4n) is 0.852. The highest BCUT2D eigenvalue weighted by molar-refractivity contribution is 5.85. The van der Waals surface area contributed by atoms with Crippen molar-refractivity contribution in [2.24, 2.45) is 0 Å². The number of aliphatic carboxylic acids is 1. The first-order chi connectivity index (χ1) is 6.49. The molecule has 0 aliphatic heterocycles. The zero-order valence-electron chi connectivity index (χ0n) is 8.28. The van der Waals surface area contributed by atoms with E-state index in [1.54, 1.807) is 0 Å². The number of hydrogen-bond donors (Lipinski definition) is 4. The van der Waals surface area contributed by atoms with Gasteiger partial charge in [-0.3, -0.25) is 4.79 Å². The van der Waals surface area contributed by atoms with Crippen molar-refractivity contribution in [2.45, 2.75) is 26.0 Å². The van der Waals surface area contributed by atoms with Gasteiger partial charge in [-0.05, 0) is 13.5 Å². The second-order valence-corrected chi connectivity index (χ2v) is 2.90. The maximum atomic E-state index is 11.1. The Labute approximate surface area is 82.3 Å². The van der Waals surface area contributed by atoms with Gasteiger partial charge in [-0.15, -0.1) is 0 Å². The van der Waals surface area contributed by atoms with Crippen molar-refractivity contribution < 1.29 is 19.8 Å². The molecule has 0 saturated heterocycles. The molecule has 6 nitrogen and oxygen atoms in total. The van der Waals surface area contributed by atoms with Gasteiger partial charge in [0.25, 0.3) is 0 Å². The molecule has 0 aliphatic carbocycles. The van der Waals surface area contributed by atoms with E-state index in [0.29, 0.717) is 6.54 Å². The molecule has 6 heteroatoms. The lowest BCUT2D eigenvalue weighted by Crippen LogP contribution is -2.50. The Bertz CT molecular complexity index is 206. The van der Waals surface area contributed by atoms with Crippen LogP contribution in [0, 0.1) is 0 Å². The highest BCUT2D eigenvalue weighted by atomic mass is 16.4. The molecule has 2 atom stereocenters. The standard InChI is InChI=1S/C8H16N2O4/c1-3-9-4-6(12)10-7(5(2)11)8(13)14/h5,7,9,11H,3-4H2,1-2H3,(H,10,12)(H,13,14)/t5-,7+/m1/s1. The monoisotopic (exact) mass is 204 g/mol. The van der Waals surface area contributed by atoms with Gasteiger partial charge in [0, 0.05) is 0 Å². The maximum Gasteiger partial charge on any atom is 0.328 e. The Balaban J connectivity index is 4.04. The molecule has 4 N–H and O–H groups in total. The maximum absolute atomic E-state index is 11.1. The smallest absolute Gasteiger partial charge is 0.328 e. The van der Waals surface area contributed by atoms with Gasteiger partial charge in [0.15, 0.2) is 6.04 Å². The molecule has 0 aromatic heterocycles. The molecule has 0 aliphatic rings. The summed E-state index contributed by atoms with van der Waals surface area (Å²) >= 11 is 0. The van der Waals surface area contributed by atoms with E-state index in [4.69, 9.17) is 10.2 Å². The van der Waals surface area contributed by atoms with Gasteiger partial charge in [-0.1, -0.05) is 6.92 Å². The normalized spacial score (nSPS) is 14.5.